The van der Waals surface area contributed by atoms with Crippen LogP contribution in [0.5, 0.6) is 0 Å². The van der Waals surface area contributed by atoms with Crippen LogP contribution in [0.1, 0.15) is 24.4 Å². The third kappa shape index (κ3) is 1.89. The second-order valence-corrected chi connectivity index (χ2v) is 4.01. The van der Waals surface area contributed by atoms with Crippen LogP contribution in [0.2, 0.25) is 0 Å². The molecule has 82 valence electrons. The summed E-state index contributed by atoms with van der Waals surface area (Å²) in [7, 11) is 1.46. The Hall–Kier alpha value is -1.32. The zero-order valence-corrected chi connectivity index (χ0v) is 9.19. The van der Waals surface area contributed by atoms with Gasteiger partial charge in [-0.25, -0.2) is 4.98 Å². The molecule has 4 nitrogen and oxygen atoms in total. The molecule has 0 saturated carbocycles. The van der Waals surface area contributed by atoms with E-state index in [0.29, 0.717) is 0 Å². The second kappa shape index (κ2) is 4.04. The maximum atomic E-state index is 11.4. The van der Waals surface area contributed by atoms with Gasteiger partial charge in [-0.05, 0) is 19.8 Å². The van der Waals surface area contributed by atoms with E-state index in [0.717, 1.165) is 31.6 Å². The highest BCUT2D eigenvalue weighted by Crippen LogP contribution is 2.21. The lowest BCUT2D eigenvalue weighted by Gasteiger charge is -2.10. The number of carbonyl (C=O) groups is 1. The molecule has 15 heavy (non-hydrogen) atoms. The summed E-state index contributed by atoms with van der Waals surface area (Å²) in [5.41, 5.74) is 1.18. The maximum absolute atomic E-state index is 11.4. The summed E-state index contributed by atoms with van der Waals surface area (Å²) in [5, 5.41) is 0. The first-order chi connectivity index (χ1) is 7.22. The molecule has 1 aromatic heterocycles. The van der Waals surface area contributed by atoms with Gasteiger partial charge in [-0.3, -0.25) is 4.79 Å². The molecular weight excluding hydrogens is 192 g/mol. The van der Waals surface area contributed by atoms with Gasteiger partial charge in [0.1, 0.15) is 5.82 Å². The number of imidazole rings is 1. The van der Waals surface area contributed by atoms with E-state index in [1.807, 2.05) is 6.20 Å². The number of methoxy groups -OCH3 is 1. The maximum Gasteiger partial charge on any atom is 0.308 e. The highest BCUT2D eigenvalue weighted by atomic mass is 16.5. The van der Waals surface area contributed by atoms with Gasteiger partial charge in [-0.2, -0.15) is 0 Å². The fourth-order valence-electron chi connectivity index (χ4n) is 2.15. The van der Waals surface area contributed by atoms with Gasteiger partial charge in [0.05, 0.1) is 13.0 Å². The number of carbonyl (C=O) groups excluding carboxylic acids is 1. The van der Waals surface area contributed by atoms with Crippen molar-refractivity contribution in [1.29, 1.82) is 0 Å². The minimum atomic E-state index is -0.0848. The van der Waals surface area contributed by atoms with Crippen LogP contribution in [-0.4, -0.2) is 22.6 Å². The molecule has 0 aliphatic carbocycles. The molecule has 0 N–H and O–H groups in total. The lowest BCUT2D eigenvalue weighted by Crippen LogP contribution is -2.16. The lowest BCUT2D eigenvalue weighted by molar-refractivity contribution is -0.145. The van der Waals surface area contributed by atoms with Crippen molar-refractivity contribution in [2.24, 2.45) is 5.92 Å². The molecule has 1 aromatic rings. The molecule has 0 bridgehead atoms. The fourth-order valence-corrected chi connectivity index (χ4v) is 2.15. The third-order valence-corrected chi connectivity index (χ3v) is 3.09. The van der Waals surface area contributed by atoms with E-state index in [4.69, 9.17) is 4.74 Å². The summed E-state index contributed by atoms with van der Waals surface area (Å²) >= 11 is 0. The quantitative estimate of drug-likeness (QED) is 0.654. The average Bonchev–Trinajstić information content (AvgIpc) is 2.50. The Morgan fingerprint density at radius 3 is 3.13 bits per heavy atom. The van der Waals surface area contributed by atoms with Crippen LogP contribution < -0.4 is 0 Å². The van der Waals surface area contributed by atoms with Gasteiger partial charge in [0.2, 0.25) is 0 Å². The molecular formula is C11H16N2O2. The van der Waals surface area contributed by atoms with Crippen molar-refractivity contribution in [3.8, 4) is 0 Å². The molecule has 0 aromatic carbocycles. The van der Waals surface area contributed by atoms with Gasteiger partial charge in [-0.1, -0.05) is 0 Å². The van der Waals surface area contributed by atoms with Crippen LogP contribution in [0.3, 0.4) is 0 Å². The minimum absolute atomic E-state index is 0.0381. The van der Waals surface area contributed by atoms with Gasteiger partial charge in [0.15, 0.2) is 0 Å². The fraction of sp³-hybridized carbons (Fsp3) is 0.636. The Kier molecular flexibility index (Phi) is 2.75. The number of nitrogens with zero attached hydrogens (tertiary/aromatic N) is 2. The van der Waals surface area contributed by atoms with E-state index in [-0.39, 0.29) is 11.9 Å². The molecule has 0 fully saturated rings. The van der Waals surface area contributed by atoms with Crippen LogP contribution in [0.4, 0.5) is 0 Å². The Labute approximate surface area is 89.3 Å². The van der Waals surface area contributed by atoms with Gasteiger partial charge >= 0.3 is 5.97 Å². The normalized spacial score (nSPS) is 20.5. The molecule has 1 atom stereocenters. The number of ether oxygens (including phenoxy) is 1. The first-order valence-electron chi connectivity index (χ1n) is 5.31. The average molecular weight is 208 g/mol. The number of hydrogen-bond acceptors (Lipinski definition) is 3. The largest absolute Gasteiger partial charge is 0.469 e. The summed E-state index contributed by atoms with van der Waals surface area (Å²) in [6.07, 6.45) is 4.47. The Balaban J connectivity index is 2.12. The molecule has 4 heteroatoms. The summed E-state index contributed by atoms with van der Waals surface area (Å²) < 4.78 is 6.98. The zero-order valence-electron chi connectivity index (χ0n) is 9.19. The van der Waals surface area contributed by atoms with Crippen LogP contribution in [0, 0.1) is 12.8 Å². The zero-order chi connectivity index (χ0) is 10.8. The smallest absolute Gasteiger partial charge is 0.308 e. The SMILES string of the molecule is COC(=O)[C@H]1CCc2ncc(C)n2CC1. The summed E-state index contributed by atoms with van der Waals surface area (Å²) in [6.45, 7) is 2.93. The molecule has 1 aliphatic rings. The highest BCUT2D eigenvalue weighted by molar-refractivity contribution is 5.72. The molecule has 0 unspecified atom stereocenters. The molecule has 2 rings (SSSR count). The summed E-state index contributed by atoms with van der Waals surface area (Å²) in [5.74, 6) is 1.05. The minimum Gasteiger partial charge on any atom is -0.469 e. The van der Waals surface area contributed by atoms with Crippen molar-refractivity contribution in [1.82, 2.24) is 9.55 Å². The van der Waals surface area contributed by atoms with Crippen molar-refractivity contribution in [3.63, 3.8) is 0 Å². The highest BCUT2D eigenvalue weighted by Gasteiger charge is 2.23. The van der Waals surface area contributed by atoms with Gasteiger partial charge in [0, 0.05) is 24.9 Å². The number of aryl methyl sites for hydroxylation is 2. The molecule has 2 heterocycles. The molecule has 0 spiro atoms. The Bertz CT molecular complexity index is 371. The number of aromatic nitrogens is 2. The number of fused-ring (bicyclic) bond motifs is 1. The second-order valence-electron chi connectivity index (χ2n) is 4.01. The number of rotatable bonds is 1. The molecule has 0 amide bonds. The van der Waals surface area contributed by atoms with Crippen molar-refractivity contribution in [3.05, 3.63) is 17.7 Å². The summed E-state index contributed by atoms with van der Waals surface area (Å²) in [4.78, 5) is 15.8. The standard InChI is InChI=1S/C11H16N2O2/c1-8-7-12-10-4-3-9(11(14)15-2)5-6-13(8)10/h7,9H,3-6H2,1-2H3/t9-/m0/s1. The van der Waals surface area contributed by atoms with Crippen LogP contribution in [0.25, 0.3) is 0 Å². The first-order valence-corrected chi connectivity index (χ1v) is 5.31. The predicted molar refractivity (Wildman–Crippen MR) is 55.4 cm³/mol. The van der Waals surface area contributed by atoms with E-state index < -0.39 is 0 Å². The predicted octanol–water partition coefficient (Wildman–Crippen LogP) is 1.32. The van der Waals surface area contributed by atoms with Crippen molar-refractivity contribution >= 4 is 5.97 Å². The van der Waals surface area contributed by atoms with E-state index in [1.165, 1.54) is 12.8 Å². The number of hydrogen-bond donors (Lipinski definition) is 0. The third-order valence-electron chi connectivity index (χ3n) is 3.09. The Morgan fingerprint density at radius 2 is 2.40 bits per heavy atom. The van der Waals surface area contributed by atoms with Gasteiger partial charge < -0.3 is 9.30 Å². The Morgan fingerprint density at radius 1 is 1.60 bits per heavy atom. The van der Waals surface area contributed by atoms with E-state index in [9.17, 15) is 4.79 Å². The molecule has 1 aliphatic heterocycles. The van der Waals surface area contributed by atoms with Crippen molar-refractivity contribution < 1.29 is 9.53 Å². The van der Waals surface area contributed by atoms with Gasteiger partial charge in [0.25, 0.3) is 0 Å². The van der Waals surface area contributed by atoms with Crippen LogP contribution in [0.15, 0.2) is 6.20 Å². The van der Waals surface area contributed by atoms with Crippen molar-refractivity contribution in [2.45, 2.75) is 32.7 Å². The van der Waals surface area contributed by atoms with Gasteiger partial charge in [-0.15, -0.1) is 0 Å². The van der Waals surface area contributed by atoms with E-state index in [2.05, 4.69) is 16.5 Å². The summed E-state index contributed by atoms with van der Waals surface area (Å²) in [6, 6.07) is 0. The van der Waals surface area contributed by atoms with Crippen LogP contribution in [-0.2, 0) is 22.5 Å². The van der Waals surface area contributed by atoms with Crippen LogP contribution >= 0.6 is 0 Å². The molecule has 0 radical (unpaired) electrons. The van der Waals surface area contributed by atoms with Crippen molar-refractivity contribution in [2.75, 3.05) is 7.11 Å². The van der Waals surface area contributed by atoms with E-state index in [1.54, 1.807) is 0 Å². The number of esters is 1. The van der Waals surface area contributed by atoms with E-state index >= 15 is 0 Å². The lowest BCUT2D eigenvalue weighted by atomic mass is 10.0. The molecule has 0 saturated heterocycles. The first kappa shape index (κ1) is 10.2. The monoisotopic (exact) mass is 208 g/mol. The topological polar surface area (TPSA) is 44.1 Å².